The van der Waals surface area contributed by atoms with E-state index < -0.39 is 0 Å². The number of rotatable bonds is 3. The van der Waals surface area contributed by atoms with Crippen molar-refractivity contribution in [2.45, 2.75) is 6.92 Å². The highest BCUT2D eigenvalue weighted by molar-refractivity contribution is 8.18. The lowest BCUT2D eigenvalue weighted by molar-refractivity contribution is -0.122. The van der Waals surface area contributed by atoms with Gasteiger partial charge in [0, 0.05) is 25.5 Å². The summed E-state index contributed by atoms with van der Waals surface area (Å²) in [7, 11) is 1.93. The van der Waals surface area contributed by atoms with Crippen LogP contribution in [-0.4, -0.2) is 27.1 Å². The van der Waals surface area contributed by atoms with Gasteiger partial charge in [0.1, 0.15) is 5.82 Å². The van der Waals surface area contributed by atoms with Crippen LogP contribution in [0.25, 0.3) is 6.08 Å². The monoisotopic (exact) mass is 329 g/mol. The maximum Gasteiger partial charge on any atom is 0.266 e. The second-order valence-electron chi connectivity index (χ2n) is 5.07. The second-order valence-corrected chi connectivity index (χ2v) is 6.08. The lowest BCUT2D eigenvalue weighted by Crippen LogP contribution is -2.28. The number of carbonyl (C=O) groups is 1. The molecule has 1 amide bonds. The van der Waals surface area contributed by atoms with Crippen LogP contribution in [0.4, 0.5) is 10.1 Å². The van der Waals surface area contributed by atoms with Crippen LogP contribution < -0.4 is 0 Å². The van der Waals surface area contributed by atoms with E-state index in [1.165, 1.54) is 23.9 Å². The van der Waals surface area contributed by atoms with Crippen molar-refractivity contribution >= 4 is 34.6 Å². The minimum absolute atomic E-state index is 0.0560. The molecule has 2 heterocycles. The Labute approximate surface area is 138 Å². The highest BCUT2D eigenvalue weighted by Gasteiger charge is 2.32. The van der Waals surface area contributed by atoms with E-state index in [1.54, 1.807) is 17.0 Å². The largest absolute Gasteiger partial charge is 0.351 e. The molecule has 1 aliphatic rings. The van der Waals surface area contributed by atoms with Gasteiger partial charge in [-0.15, -0.1) is 0 Å². The predicted octanol–water partition coefficient (Wildman–Crippen LogP) is 3.79. The molecule has 0 spiro atoms. The van der Waals surface area contributed by atoms with Gasteiger partial charge in [-0.25, -0.2) is 9.38 Å². The molecule has 0 radical (unpaired) electrons. The molecule has 0 bridgehead atoms. The van der Waals surface area contributed by atoms with Gasteiger partial charge in [0.05, 0.1) is 10.6 Å². The van der Waals surface area contributed by atoms with Gasteiger partial charge < -0.3 is 4.57 Å². The number of amides is 1. The smallest absolute Gasteiger partial charge is 0.266 e. The summed E-state index contributed by atoms with van der Waals surface area (Å²) in [6.45, 7) is 2.44. The molecule has 4 nitrogen and oxygen atoms in total. The zero-order valence-corrected chi connectivity index (χ0v) is 13.7. The maximum atomic E-state index is 13.0. The lowest BCUT2D eigenvalue weighted by atomic mass is 10.3. The quantitative estimate of drug-likeness (QED) is 0.804. The molecule has 0 N–H and O–H groups in total. The first-order chi connectivity index (χ1) is 11.1. The summed E-state index contributed by atoms with van der Waals surface area (Å²) in [5, 5.41) is 0.615. The van der Waals surface area contributed by atoms with Gasteiger partial charge in [0.25, 0.3) is 5.91 Å². The molecule has 0 aliphatic carbocycles. The number of nitrogens with zero attached hydrogens (tertiary/aromatic N) is 3. The first-order valence-electron chi connectivity index (χ1n) is 7.25. The van der Waals surface area contributed by atoms with E-state index >= 15 is 0 Å². The highest BCUT2D eigenvalue weighted by atomic mass is 32.2. The third kappa shape index (κ3) is 3.22. The molecule has 2 aromatic rings. The Kier molecular flexibility index (Phi) is 4.34. The van der Waals surface area contributed by atoms with Crippen LogP contribution in [0.2, 0.25) is 0 Å². The Bertz CT molecular complexity index is 792. The molecule has 1 aromatic carbocycles. The van der Waals surface area contributed by atoms with Crippen molar-refractivity contribution in [3.05, 3.63) is 59.0 Å². The van der Waals surface area contributed by atoms with Crippen molar-refractivity contribution in [3.8, 4) is 0 Å². The van der Waals surface area contributed by atoms with Crippen molar-refractivity contribution in [2.24, 2.45) is 12.0 Å². The number of amidine groups is 1. The van der Waals surface area contributed by atoms with Gasteiger partial charge in [-0.1, -0.05) is 0 Å². The molecule has 0 saturated carbocycles. The molecule has 1 fully saturated rings. The van der Waals surface area contributed by atoms with Gasteiger partial charge in [-0.3, -0.25) is 9.69 Å². The standard InChI is InChI=1S/C17H16FN3OS/c1-3-21-16(22)15(11-14-5-4-10-20(14)2)23-17(21)19-13-8-6-12(18)7-9-13/h4-11H,3H2,1-2H3/b15-11+,19-17?. The zero-order valence-electron chi connectivity index (χ0n) is 12.9. The Morgan fingerprint density at radius 1 is 1.26 bits per heavy atom. The summed E-state index contributed by atoms with van der Waals surface area (Å²) in [5.74, 6) is -0.361. The van der Waals surface area contributed by atoms with Crippen molar-refractivity contribution in [3.63, 3.8) is 0 Å². The molecular weight excluding hydrogens is 313 g/mol. The van der Waals surface area contributed by atoms with Crippen molar-refractivity contribution in [1.82, 2.24) is 9.47 Å². The molecule has 1 aliphatic heterocycles. The van der Waals surface area contributed by atoms with E-state index in [0.29, 0.717) is 22.3 Å². The fourth-order valence-corrected chi connectivity index (χ4v) is 3.30. The van der Waals surface area contributed by atoms with Crippen molar-refractivity contribution in [2.75, 3.05) is 6.54 Å². The van der Waals surface area contributed by atoms with Gasteiger partial charge >= 0.3 is 0 Å². The Balaban J connectivity index is 1.93. The van der Waals surface area contributed by atoms with E-state index in [4.69, 9.17) is 0 Å². The Morgan fingerprint density at radius 2 is 2.00 bits per heavy atom. The minimum Gasteiger partial charge on any atom is -0.351 e. The van der Waals surface area contributed by atoms with E-state index in [1.807, 2.05) is 42.9 Å². The number of hydrogen-bond donors (Lipinski definition) is 0. The summed E-state index contributed by atoms with van der Waals surface area (Å²) in [4.78, 5) is 19.3. The van der Waals surface area contributed by atoms with Crippen LogP contribution in [0.1, 0.15) is 12.6 Å². The maximum absolute atomic E-state index is 13.0. The van der Waals surface area contributed by atoms with E-state index in [2.05, 4.69) is 4.99 Å². The third-order valence-corrected chi connectivity index (χ3v) is 4.53. The van der Waals surface area contributed by atoms with Crippen LogP contribution >= 0.6 is 11.8 Å². The molecule has 118 valence electrons. The van der Waals surface area contributed by atoms with Crippen molar-refractivity contribution < 1.29 is 9.18 Å². The summed E-state index contributed by atoms with van der Waals surface area (Å²) in [6.07, 6.45) is 3.80. The summed E-state index contributed by atoms with van der Waals surface area (Å²) in [5.41, 5.74) is 1.58. The first kappa shape index (κ1) is 15.6. The van der Waals surface area contributed by atoms with Crippen LogP contribution in [0, 0.1) is 5.82 Å². The number of aryl methyl sites for hydroxylation is 1. The Morgan fingerprint density at radius 3 is 2.61 bits per heavy atom. The molecule has 1 aromatic heterocycles. The molecule has 23 heavy (non-hydrogen) atoms. The number of benzene rings is 1. The topological polar surface area (TPSA) is 37.6 Å². The third-order valence-electron chi connectivity index (χ3n) is 3.52. The number of aromatic nitrogens is 1. The summed E-state index contributed by atoms with van der Waals surface area (Å²) in [6, 6.07) is 9.80. The van der Waals surface area contributed by atoms with Gasteiger partial charge in [0.2, 0.25) is 0 Å². The average Bonchev–Trinajstić information content (AvgIpc) is 3.06. The van der Waals surface area contributed by atoms with Crippen LogP contribution in [0.5, 0.6) is 0 Å². The van der Waals surface area contributed by atoms with Crippen LogP contribution in [0.3, 0.4) is 0 Å². The SMILES string of the molecule is CCN1C(=O)/C(=C\c2cccn2C)SC1=Nc1ccc(F)cc1. The van der Waals surface area contributed by atoms with E-state index in [9.17, 15) is 9.18 Å². The first-order valence-corrected chi connectivity index (χ1v) is 8.07. The van der Waals surface area contributed by atoms with Crippen molar-refractivity contribution in [1.29, 1.82) is 0 Å². The minimum atomic E-state index is -0.305. The number of halogens is 1. The molecule has 6 heteroatoms. The number of hydrogen-bond acceptors (Lipinski definition) is 3. The molecule has 3 rings (SSSR count). The van der Waals surface area contributed by atoms with E-state index in [0.717, 1.165) is 5.69 Å². The van der Waals surface area contributed by atoms with Gasteiger partial charge in [-0.05, 0) is 61.2 Å². The fourth-order valence-electron chi connectivity index (χ4n) is 2.25. The normalized spacial score (nSPS) is 18.4. The summed E-state index contributed by atoms with van der Waals surface area (Å²) >= 11 is 1.34. The molecular formula is C17H16FN3OS. The lowest BCUT2D eigenvalue weighted by Gasteiger charge is -2.11. The number of thioether (sulfide) groups is 1. The van der Waals surface area contributed by atoms with Crippen LogP contribution in [0.15, 0.2) is 52.5 Å². The number of carbonyl (C=O) groups excluding carboxylic acids is 1. The molecule has 0 unspecified atom stereocenters. The zero-order chi connectivity index (χ0) is 16.4. The fraction of sp³-hybridized carbons (Fsp3) is 0.176. The number of likely N-dealkylation sites (N-methyl/N-ethyl adjacent to an activating group) is 1. The van der Waals surface area contributed by atoms with Gasteiger partial charge in [-0.2, -0.15) is 0 Å². The molecule has 1 saturated heterocycles. The summed E-state index contributed by atoms with van der Waals surface area (Å²) < 4.78 is 14.9. The number of aliphatic imine (C=N–C) groups is 1. The second kappa shape index (κ2) is 6.42. The predicted molar refractivity (Wildman–Crippen MR) is 91.9 cm³/mol. The van der Waals surface area contributed by atoms with Crippen LogP contribution in [-0.2, 0) is 11.8 Å². The van der Waals surface area contributed by atoms with E-state index in [-0.39, 0.29) is 11.7 Å². The average molecular weight is 329 g/mol. The molecule has 0 atom stereocenters. The Hall–Kier alpha value is -2.34. The van der Waals surface area contributed by atoms with Gasteiger partial charge in [0.15, 0.2) is 5.17 Å². The highest BCUT2D eigenvalue weighted by Crippen LogP contribution is 2.33.